The first-order chi connectivity index (χ1) is 15.6. The molecule has 0 spiro atoms. The smallest absolute Gasteiger partial charge is 0.169 e. The maximum Gasteiger partial charge on any atom is 0.169 e. The molecule has 0 saturated heterocycles. The fraction of sp³-hybridized carbons (Fsp3) is 0.231. The zero-order valence-electron chi connectivity index (χ0n) is 17.3. The van der Waals surface area contributed by atoms with E-state index in [9.17, 15) is 9.59 Å². The third kappa shape index (κ3) is 3.38. The minimum atomic E-state index is -0.781. The molecular formula is C26H24N2O4. The van der Waals surface area contributed by atoms with Gasteiger partial charge in [0.15, 0.2) is 23.8 Å². The Hall–Kier alpha value is -3.48. The van der Waals surface area contributed by atoms with Gasteiger partial charge in [0.25, 0.3) is 0 Å². The molecule has 0 radical (unpaired) electrons. The van der Waals surface area contributed by atoms with Crippen molar-refractivity contribution in [3.8, 4) is 11.5 Å². The first-order valence-electron chi connectivity index (χ1n) is 10.7. The van der Waals surface area contributed by atoms with Gasteiger partial charge in [-0.1, -0.05) is 60.7 Å². The summed E-state index contributed by atoms with van der Waals surface area (Å²) in [5, 5.41) is 0. The van der Waals surface area contributed by atoms with E-state index in [0.29, 0.717) is 22.6 Å². The summed E-state index contributed by atoms with van der Waals surface area (Å²) in [5.74, 6) is -0.722. The molecular weight excluding hydrogens is 404 g/mol. The van der Waals surface area contributed by atoms with Crippen molar-refractivity contribution >= 4 is 11.6 Å². The Balaban J connectivity index is 1.57. The monoisotopic (exact) mass is 428 g/mol. The lowest BCUT2D eigenvalue weighted by atomic mass is 9.61. The highest BCUT2D eigenvalue weighted by Gasteiger charge is 2.58. The van der Waals surface area contributed by atoms with E-state index in [1.807, 2.05) is 60.7 Å². The third-order valence-corrected chi connectivity index (χ3v) is 6.39. The molecule has 162 valence electrons. The van der Waals surface area contributed by atoms with E-state index in [2.05, 4.69) is 0 Å². The highest BCUT2D eigenvalue weighted by molar-refractivity contribution is 6.16. The molecule has 0 aliphatic heterocycles. The summed E-state index contributed by atoms with van der Waals surface area (Å²) >= 11 is 0. The van der Waals surface area contributed by atoms with E-state index in [0.717, 1.165) is 0 Å². The van der Waals surface area contributed by atoms with Gasteiger partial charge < -0.3 is 20.9 Å². The standard InChI is InChI=1S/C26H24N2O4/c27-21-19-20(24(30)18-14-8-7-13-17(18)23(19)29)22(28)26(32-16-11-5-2-6-12-16)25(21)31-15-9-3-1-4-10-15/h1-14,19-22,25-26H,27-28H2. The van der Waals surface area contributed by atoms with Crippen LogP contribution in [-0.4, -0.2) is 35.9 Å². The fourth-order valence-corrected chi connectivity index (χ4v) is 4.88. The summed E-state index contributed by atoms with van der Waals surface area (Å²) in [5.41, 5.74) is 14.1. The predicted molar refractivity (Wildman–Crippen MR) is 120 cm³/mol. The van der Waals surface area contributed by atoms with Crippen LogP contribution < -0.4 is 20.9 Å². The van der Waals surface area contributed by atoms with Crippen molar-refractivity contribution in [3.05, 3.63) is 96.1 Å². The van der Waals surface area contributed by atoms with Crippen molar-refractivity contribution in [1.29, 1.82) is 0 Å². The molecule has 2 aliphatic rings. The zero-order chi connectivity index (χ0) is 22.2. The Labute approximate surface area is 186 Å². The number of nitrogens with two attached hydrogens (primary N) is 2. The maximum atomic E-state index is 13.4. The van der Waals surface area contributed by atoms with Crippen LogP contribution in [0, 0.1) is 11.8 Å². The first-order valence-corrected chi connectivity index (χ1v) is 10.7. The van der Waals surface area contributed by atoms with E-state index in [1.54, 1.807) is 24.3 Å². The SMILES string of the molecule is NC1C(Oc2ccccc2)C(Oc2ccccc2)C(N)C2C(=O)c3ccccc3C(=O)C12. The van der Waals surface area contributed by atoms with E-state index >= 15 is 0 Å². The van der Waals surface area contributed by atoms with Crippen LogP contribution in [0.5, 0.6) is 11.5 Å². The zero-order valence-corrected chi connectivity index (χ0v) is 17.3. The Morgan fingerprint density at radius 1 is 0.531 bits per heavy atom. The van der Waals surface area contributed by atoms with Crippen molar-refractivity contribution in [3.63, 3.8) is 0 Å². The van der Waals surface area contributed by atoms with Crippen LogP contribution in [0.4, 0.5) is 0 Å². The number of benzene rings is 3. The second-order valence-electron chi connectivity index (χ2n) is 8.27. The topological polar surface area (TPSA) is 105 Å². The molecule has 5 rings (SSSR count). The molecule has 4 N–H and O–H groups in total. The molecule has 6 nitrogen and oxygen atoms in total. The average Bonchev–Trinajstić information content (AvgIpc) is 2.83. The fourth-order valence-electron chi connectivity index (χ4n) is 4.88. The summed E-state index contributed by atoms with van der Waals surface area (Å²) in [6.07, 6.45) is -1.45. The number of rotatable bonds is 4. The molecule has 2 aliphatic carbocycles. The lowest BCUT2D eigenvalue weighted by molar-refractivity contribution is -0.0381. The van der Waals surface area contributed by atoms with Gasteiger partial charge in [0.2, 0.25) is 0 Å². The number of ketones is 2. The van der Waals surface area contributed by atoms with Crippen molar-refractivity contribution in [2.45, 2.75) is 24.3 Å². The molecule has 0 bridgehead atoms. The summed E-state index contributed by atoms with van der Waals surface area (Å²) in [6, 6.07) is 23.7. The van der Waals surface area contributed by atoms with Gasteiger partial charge in [-0.2, -0.15) is 0 Å². The first kappa shape index (κ1) is 20.4. The molecule has 1 saturated carbocycles. The van der Waals surface area contributed by atoms with Gasteiger partial charge >= 0.3 is 0 Å². The van der Waals surface area contributed by atoms with Gasteiger partial charge in [0, 0.05) is 11.1 Å². The van der Waals surface area contributed by atoms with Gasteiger partial charge in [-0.15, -0.1) is 0 Å². The number of hydrogen-bond acceptors (Lipinski definition) is 6. The van der Waals surface area contributed by atoms with Crippen LogP contribution in [0.1, 0.15) is 20.7 Å². The lowest BCUT2D eigenvalue weighted by Gasteiger charge is -2.49. The van der Waals surface area contributed by atoms with Gasteiger partial charge in [0.1, 0.15) is 11.5 Å². The van der Waals surface area contributed by atoms with Crippen molar-refractivity contribution < 1.29 is 19.1 Å². The van der Waals surface area contributed by atoms with Gasteiger partial charge in [-0.05, 0) is 24.3 Å². The van der Waals surface area contributed by atoms with E-state index < -0.39 is 36.1 Å². The lowest BCUT2D eigenvalue weighted by Crippen LogP contribution is -2.71. The van der Waals surface area contributed by atoms with Crippen LogP contribution in [0.2, 0.25) is 0 Å². The van der Waals surface area contributed by atoms with Crippen molar-refractivity contribution in [1.82, 2.24) is 0 Å². The molecule has 6 heteroatoms. The Kier molecular flexibility index (Phi) is 5.25. The second-order valence-corrected chi connectivity index (χ2v) is 8.27. The molecule has 3 aromatic rings. The van der Waals surface area contributed by atoms with E-state index in [4.69, 9.17) is 20.9 Å². The van der Waals surface area contributed by atoms with Crippen LogP contribution >= 0.6 is 0 Å². The Bertz CT molecular complexity index is 1040. The molecule has 6 atom stereocenters. The van der Waals surface area contributed by atoms with Crippen LogP contribution in [0.25, 0.3) is 0 Å². The Morgan fingerprint density at radius 2 is 0.875 bits per heavy atom. The Morgan fingerprint density at radius 3 is 1.25 bits per heavy atom. The van der Waals surface area contributed by atoms with Crippen LogP contribution in [0.3, 0.4) is 0 Å². The molecule has 3 aromatic carbocycles. The number of carbonyl (C=O) groups excluding carboxylic acids is 2. The summed E-state index contributed by atoms with van der Waals surface area (Å²) in [7, 11) is 0. The van der Waals surface area contributed by atoms with Crippen molar-refractivity contribution in [2.24, 2.45) is 23.3 Å². The molecule has 1 fully saturated rings. The minimum Gasteiger partial charge on any atom is -0.485 e. The van der Waals surface area contributed by atoms with Gasteiger partial charge in [-0.25, -0.2) is 0 Å². The minimum absolute atomic E-state index is 0.173. The number of Topliss-reactive ketones (excluding diaryl/α,β-unsaturated/α-hetero) is 2. The quantitative estimate of drug-likeness (QED) is 0.662. The largest absolute Gasteiger partial charge is 0.485 e. The van der Waals surface area contributed by atoms with E-state index in [-0.39, 0.29) is 11.6 Å². The second kappa shape index (κ2) is 8.22. The van der Waals surface area contributed by atoms with Gasteiger partial charge in [-0.3, -0.25) is 9.59 Å². The highest BCUT2D eigenvalue weighted by atomic mass is 16.5. The van der Waals surface area contributed by atoms with E-state index in [1.165, 1.54) is 0 Å². The summed E-state index contributed by atoms with van der Waals surface area (Å²) in [4.78, 5) is 26.9. The number of para-hydroxylation sites is 2. The molecule has 0 heterocycles. The number of fused-ring (bicyclic) bond motifs is 2. The molecule has 32 heavy (non-hydrogen) atoms. The third-order valence-electron chi connectivity index (χ3n) is 6.39. The van der Waals surface area contributed by atoms with Crippen molar-refractivity contribution in [2.75, 3.05) is 0 Å². The predicted octanol–water partition coefficient (Wildman–Crippen LogP) is 2.86. The van der Waals surface area contributed by atoms with Crippen LogP contribution in [-0.2, 0) is 0 Å². The maximum absolute atomic E-state index is 13.4. The number of ether oxygens (including phenoxy) is 2. The van der Waals surface area contributed by atoms with Gasteiger partial charge in [0.05, 0.1) is 23.9 Å². The number of hydrogen-bond donors (Lipinski definition) is 2. The summed E-state index contributed by atoms with van der Waals surface area (Å²) < 4.78 is 12.5. The summed E-state index contributed by atoms with van der Waals surface area (Å²) in [6.45, 7) is 0. The van der Waals surface area contributed by atoms with Crippen LogP contribution in [0.15, 0.2) is 84.9 Å². The molecule has 0 aromatic heterocycles. The molecule has 0 amide bonds. The number of carbonyl (C=O) groups is 2. The molecule has 6 unspecified atom stereocenters. The normalized spacial score (nSPS) is 29.1. The average molecular weight is 428 g/mol. The highest BCUT2D eigenvalue weighted by Crippen LogP contribution is 2.41.